The zero-order valence-corrected chi connectivity index (χ0v) is 15.9. The number of pyridine rings is 2. The summed E-state index contributed by atoms with van der Waals surface area (Å²) in [5.41, 5.74) is 23.0. The second-order valence-corrected chi connectivity index (χ2v) is 7.37. The number of nitrogens with two attached hydrogens (primary N) is 3. The van der Waals surface area contributed by atoms with E-state index in [-0.39, 0.29) is 0 Å². The summed E-state index contributed by atoms with van der Waals surface area (Å²) in [6.45, 7) is 0. The van der Waals surface area contributed by atoms with E-state index in [1.54, 1.807) is 24.5 Å². The third-order valence-corrected chi connectivity index (χ3v) is 5.50. The summed E-state index contributed by atoms with van der Waals surface area (Å²) >= 11 is 0. The first-order chi connectivity index (χ1) is 14.1. The van der Waals surface area contributed by atoms with Crippen molar-refractivity contribution in [3.05, 3.63) is 54.9 Å². The van der Waals surface area contributed by atoms with Gasteiger partial charge in [0.05, 0.1) is 40.2 Å². The second-order valence-electron chi connectivity index (χ2n) is 7.37. The van der Waals surface area contributed by atoms with Gasteiger partial charge in [-0.05, 0) is 55.7 Å². The third-order valence-electron chi connectivity index (χ3n) is 5.50. The highest BCUT2D eigenvalue weighted by Crippen LogP contribution is 2.44. The van der Waals surface area contributed by atoms with Crippen LogP contribution >= 0.6 is 0 Å². The molecule has 0 spiro atoms. The van der Waals surface area contributed by atoms with Crippen molar-refractivity contribution in [1.82, 2.24) is 14.5 Å². The van der Waals surface area contributed by atoms with Crippen molar-refractivity contribution in [2.45, 2.75) is 25.3 Å². The summed E-state index contributed by atoms with van der Waals surface area (Å²) < 4.78 is 8.24. The fourth-order valence-corrected chi connectivity index (χ4v) is 3.81. The minimum absolute atomic E-state index is 0.388. The van der Waals surface area contributed by atoms with Crippen molar-refractivity contribution in [1.29, 1.82) is 0 Å². The van der Waals surface area contributed by atoms with E-state index in [4.69, 9.17) is 21.9 Å². The fourth-order valence-electron chi connectivity index (χ4n) is 3.81. The molecule has 1 saturated carbocycles. The summed E-state index contributed by atoms with van der Waals surface area (Å²) in [6, 6.07) is 13.6. The lowest BCUT2D eigenvalue weighted by Gasteiger charge is -2.30. The number of nitrogens with zero attached hydrogens (tertiary/aromatic N) is 3. The normalized spacial score (nSPS) is 14.1. The predicted molar refractivity (Wildman–Crippen MR) is 116 cm³/mol. The molecule has 3 aromatic heterocycles. The molecule has 7 nitrogen and oxygen atoms in total. The molecule has 0 saturated heterocycles. The van der Waals surface area contributed by atoms with Crippen molar-refractivity contribution >= 4 is 28.0 Å². The Morgan fingerprint density at radius 3 is 2.55 bits per heavy atom. The molecule has 0 bridgehead atoms. The molecule has 1 aliphatic carbocycles. The van der Waals surface area contributed by atoms with E-state index in [1.165, 1.54) is 6.42 Å². The van der Waals surface area contributed by atoms with Gasteiger partial charge in [-0.3, -0.25) is 4.98 Å². The molecule has 6 N–H and O–H groups in total. The maximum absolute atomic E-state index is 6.59. The SMILES string of the molecule is Nc1ccc(-c2c(N)c3ccc(Oc4ncccc4N)cc3n2C2CCC2)nc1. The molecule has 0 atom stereocenters. The van der Waals surface area contributed by atoms with E-state index in [0.717, 1.165) is 35.1 Å². The third kappa shape index (κ3) is 2.91. The molecule has 0 unspecified atom stereocenters. The van der Waals surface area contributed by atoms with E-state index in [0.29, 0.717) is 34.7 Å². The van der Waals surface area contributed by atoms with Crippen LogP contribution in [0.1, 0.15) is 25.3 Å². The Labute approximate surface area is 168 Å². The molecule has 7 heteroatoms. The van der Waals surface area contributed by atoms with Crippen LogP contribution in [0, 0.1) is 0 Å². The molecule has 0 aliphatic heterocycles. The largest absolute Gasteiger partial charge is 0.437 e. The number of fused-ring (bicyclic) bond motifs is 1. The van der Waals surface area contributed by atoms with Gasteiger partial charge in [-0.1, -0.05) is 0 Å². The first-order valence-corrected chi connectivity index (χ1v) is 9.65. The molecule has 1 aliphatic rings. The van der Waals surface area contributed by atoms with Crippen molar-refractivity contribution in [3.63, 3.8) is 0 Å². The van der Waals surface area contributed by atoms with E-state index in [9.17, 15) is 0 Å². The smallest absolute Gasteiger partial charge is 0.242 e. The lowest BCUT2D eigenvalue weighted by Crippen LogP contribution is -2.18. The van der Waals surface area contributed by atoms with Gasteiger partial charge in [-0.25, -0.2) is 4.98 Å². The van der Waals surface area contributed by atoms with Gasteiger partial charge in [0.15, 0.2) is 0 Å². The molecule has 5 rings (SSSR count). The van der Waals surface area contributed by atoms with Gasteiger partial charge in [0.2, 0.25) is 5.88 Å². The van der Waals surface area contributed by atoms with E-state index in [1.807, 2.05) is 30.3 Å². The molecule has 1 fully saturated rings. The summed E-state index contributed by atoms with van der Waals surface area (Å²) in [4.78, 5) is 8.74. The Hall–Kier alpha value is -3.74. The average molecular weight is 386 g/mol. The zero-order chi connectivity index (χ0) is 20.0. The van der Waals surface area contributed by atoms with Crippen LogP contribution in [0.3, 0.4) is 0 Å². The predicted octanol–water partition coefficient (Wildman–Crippen LogP) is 4.36. The number of hydrogen-bond donors (Lipinski definition) is 3. The number of benzene rings is 1. The van der Waals surface area contributed by atoms with Crippen LogP contribution in [-0.4, -0.2) is 14.5 Å². The molecule has 146 valence electrons. The standard InChI is InChI=1S/C22H22N6O/c23-13-6-9-18(27-12-13)21-20(25)16-8-7-15(29-22-17(24)5-2-10-26-22)11-19(16)28(21)14-3-1-4-14/h2,5-12,14H,1,3-4,23-25H2. The van der Waals surface area contributed by atoms with Crippen molar-refractivity contribution in [3.8, 4) is 23.0 Å². The highest BCUT2D eigenvalue weighted by molar-refractivity contribution is 6.01. The van der Waals surface area contributed by atoms with Crippen LogP contribution in [0.4, 0.5) is 17.1 Å². The summed E-state index contributed by atoms with van der Waals surface area (Å²) in [6.07, 6.45) is 6.76. The lowest BCUT2D eigenvalue weighted by molar-refractivity contribution is 0.324. The van der Waals surface area contributed by atoms with Crippen molar-refractivity contribution in [2.75, 3.05) is 17.2 Å². The topological polar surface area (TPSA) is 118 Å². The summed E-state index contributed by atoms with van der Waals surface area (Å²) in [7, 11) is 0. The van der Waals surface area contributed by atoms with Crippen LogP contribution in [0.15, 0.2) is 54.9 Å². The first-order valence-electron chi connectivity index (χ1n) is 9.65. The number of aromatic nitrogens is 3. The monoisotopic (exact) mass is 386 g/mol. The molecular weight excluding hydrogens is 364 g/mol. The van der Waals surface area contributed by atoms with Crippen LogP contribution in [0.2, 0.25) is 0 Å². The molecule has 0 amide bonds. The van der Waals surface area contributed by atoms with Crippen molar-refractivity contribution < 1.29 is 4.74 Å². The Kier molecular flexibility index (Phi) is 4.01. The number of hydrogen-bond acceptors (Lipinski definition) is 6. The van der Waals surface area contributed by atoms with Crippen LogP contribution < -0.4 is 21.9 Å². The molecule has 3 heterocycles. The molecule has 0 radical (unpaired) electrons. The Morgan fingerprint density at radius 1 is 1.00 bits per heavy atom. The summed E-state index contributed by atoms with van der Waals surface area (Å²) in [5.74, 6) is 1.06. The highest BCUT2D eigenvalue weighted by atomic mass is 16.5. The maximum atomic E-state index is 6.59. The van der Waals surface area contributed by atoms with Gasteiger partial charge < -0.3 is 26.5 Å². The second kappa shape index (κ2) is 6.70. The molecule has 1 aromatic carbocycles. The van der Waals surface area contributed by atoms with Gasteiger partial charge in [0.1, 0.15) is 5.75 Å². The van der Waals surface area contributed by atoms with E-state index in [2.05, 4.69) is 14.5 Å². The van der Waals surface area contributed by atoms with Gasteiger partial charge in [-0.15, -0.1) is 0 Å². The van der Waals surface area contributed by atoms with Gasteiger partial charge in [-0.2, -0.15) is 0 Å². The lowest BCUT2D eigenvalue weighted by atomic mass is 9.92. The molecule has 29 heavy (non-hydrogen) atoms. The van der Waals surface area contributed by atoms with Gasteiger partial charge >= 0.3 is 0 Å². The van der Waals surface area contributed by atoms with Crippen LogP contribution in [0.25, 0.3) is 22.3 Å². The molecular formula is C22H22N6O. The highest BCUT2D eigenvalue weighted by Gasteiger charge is 2.27. The van der Waals surface area contributed by atoms with Crippen LogP contribution in [-0.2, 0) is 0 Å². The summed E-state index contributed by atoms with van der Waals surface area (Å²) in [5, 5.41) is 0.979. The molecule has 4 aromatic rings. The number of nitrogen functional groups attached to an aromatic ring is 3. The zero-order valence-electron chi connectivity index (χ0n) is 15.9. The van der Waals surface area contributed by atoms with E-state index < -0.39 is 0 Å². The minimum Gasteiger partial charge on any atom is -0.437 e. The Morgan fingerprint density at radius 2 is 1.86 bits per heavy atom. The van der Waals surface area contributed by atoms with Gasteiger partial charge in [0.25, 0.3) is 0 Å². The quantitative estimate of drug-likeness (QED) is 0.479. The Bertz CT molecular complexity index is 1190. The van der Waals surface area contributed by atoms with E-state index >= 15 is 0 Å². The number of ether oxygens (including phenoxy) is 1. The average Bonchev–Trinajstić information content (AvgIpc) is 2.95. The maximum Gasteiger partial charge on any atom is 0.242 e. The first kappa shape index (κ1) is 17.4. The van der Waals surface area contributed by atoms with Gasteiger partial charge in [0, 0.05) is 23.7 Å². The van der Waals surface area contributed by atoms with Crippen molar-refractivity contribution in [2.24, 2.45) is 0 Å². The minimum atomic E-state index is 0.388. The Balaban J connectivity index is 1.67. The van der Waals surface area contributed by atoms with Crippen LogP contribution in [0.5, 0.6) is 11.6 Å². The number of rotatable bonds is 4. The fraction of sp³-hybridized carbons (Fsp3) is 0.182. The number of anilines is 3.